The monoisotopic (exact) mass is 361 g/mol. The van der Waals surface area contributed by atoms with Gasteiger partial charge in [0.05, 0.1) is 0 Å². The summed E-state index contributed by atoms with van der Waals surface area (Å²) in [6.07, 6.45) is 15.1. The van der Waals surface area contributed by atoms with Crippen LogP contribution < -0.4 is 0 Å². The third kappa shape index (κ3) is 3.05. The van der Waals surface area contributed by atoms with E-state index in [1.165, 1.54) is 64.2 Å². The molecule has 0 aromatic heterocycles. The molecular weight excluding hydrogens is 330 g/mol. The Bertz CT molecular complexity index is 239. The second-order valence-electron chi connectivity index (χ2n) is 7.64. The van der Waals surface area contributed by atoms with Crippen molar-refractivity contribution in [3.05, 3.63) is 0 Å². The molecular formula is C16H32PPd. The van der Waals surface area contributed by atoms with Crippen LogP contribution in [0.3, 0.4) is 0 Å². The summed E-state index contributed by atoms with van der Waals surface area (Å²) in [5.41, 5.74) is 0.835. The molecule has 0 bridgehead atoms. The van der Waals surface area contributed by atoms with E-state index in [4.69, 9.17) is 0 Å². The van der Waals surface area contributed by atoms with Crippen molar-refractivity contribution in [2.45, 2.75) is 101 Å². The molecule has 0 spiro atoms. The van der Waals surface area contributed by atoms with E-state index in [0.29, 0.717) is 5.16 Å². The van der Waals surface area contributed by atoms with Gasteiger partial charge in [-0.1, -0.05) is 0 Å². The molecule has 2 rings (SSSR count). The van der Waals surface area contributed by atoms with Crippen LogP contribution in [-0.4, -0.2) is 16.5 Å². The van der Waals surface area contributed by atoms with Gasteiger partial charge in [0.15, 0.2) is 0 Å². The second-order valence-corrected chi connectivity index (χ2v) is 16.1. The van der Waals surface area contributed by atoms with Crippen LogP contribution in [0.2, 0.25) is 0 Å². The van der Waals surface area contributed by atoms with E-state index in [-0.39, 0.29) is 0 Å². The Balaban J connectivity index is 2.21. The Morgan fingerprint density at radius 1 is 0.722 bits per heavy atom. The van der Waals surface area contributed by atoms with Gasteiger partial charge in [0, 0.05) is 0 Å². The molecule has 2 aliphatic rings. The number of rotatable bonds is 2. The fraction of sp³-hybridized carbons (Fsp3) is 1.00. The van der Waals surface area contributed by atoms with Crippen molar-refractivity contribution in [2.75, 3.05) is 0 Å². The zero-order chi connectivity index (χ0) is 13.2. The molecule has 0 N–H and O–H groups in total. The molecule has 0 amide bonds. The van der Waals surface area contributed by atoms with E-state index in [1.807, 2.05) is 0 Å². The Hall–Kier alpha value is 1.09. The van der Waals surface area contributed by atoms with Crippen molar-refractivity contribution < 1.29 is 18.7 Å². The van der Waals surface area contributed by atoms with Crippen molar-refractivity contribution >= 4 is 5.45 Å². The molecule has 0 aliphatic heterocycles. The summed E-state index contributed by atoms with van der Waals surface area (Å²) in [5.74, 6) is 0. The van der Waals surface area contributed by atoms with Gasteiger partial charge in [-0.05, 0) is 0 Å². The van der Waals surface area contributed by atoms with Crippen LogP contribution >= 0.6 is 5.45 Å². The molecule has 0 radical (unpaired) electrons. The van der Waals surface area contributed by atoms with Gasteiger partial charge in [-0.2, -0.15) is 0 Å². The van der Waals surface area contributed by atoms with Crippen LogP contribution in [-0.2, 0) is 18.7 Å². The van der Waals surface area contributed by atoms with Crippen molar-refractivity contribution in [2.24, 2.45) is 0 Å². The maximum atomic E-state index is 4.13. The van der Waals surface area contributed by atoms with Crippen molar-refractivity contribution in [1.29, 1.82) is 0 Å². The van der Waals surface area contributed by atoms with Gasteiger partial charge in [-0.25, -0.2) is 0 Å². The van der Waals surface area contributed by atoms with Crippen LogP contribution in [0, 0.1) is 0 Å². The van der Waals surface area contributed by atoms with Crippen LogP contribution in [0.1, 0.15) is 85.0 Å². The predicted molar refractivity (Wildman–Crippen MR) is 81.8 cm³/mol. The minimum atomic E-state index is -1.30. The first-order valence-electron chi connectivity index (χ1n) is 8.12. The molecule has 2 aliphatic carbocycles. The molecule has 0 unspecified atom stereocenters. The summed E-state index contributed by atoms with van der Waals surface area (Å²) in [4.78, 5) is 0. The van der Waals surface area contributed by atoms with Crippen molar-refractivity contribution in [1.82, 2.24) is 0 Å². The molecule has 2 fully saturated rings. The van der Waals surface area contributed by atoms with Gasteiger partial charge in [-0.3, -0.25) is 0 Å². The molecule has 0 aromatic carbocycles. The van der Waals surface area contributed by atoms with E-state index in [9.17, 15) is 0 Å². The van der Waals surface area contributed by atoms with E-state index in [2.05, 4.69) is 39.5 Å². The summed E-state index contributed by atoms with van der Waals surface area (Å²) < 4.78 is 0. The summed E-state index contributed by atoms with van der Waals surface area (Å²) in [5, 5.41) is 0.541. The molecule has 0 atom stereocenters. The molecule has 111 valence electrons. The summed E-state index contributed by atoms with van der Waals surface area (Å²) in [6, 6.07) is 0. The minimum absolute atomic E-state index is 0.541. The number of hydrogen-bond donors (Lipinski definition) is 0. The van der Waals surface area contributed by atoms with Gasteiger partial charge in [0.1, 0.15) is 0 Å². The standard InChI is InChI=1S/C16H31P.Pd/c1-16(2,3)17(14-10-6-4-7-11-14)15-12-8-5-9-13-15;/h14-15H,4-13H2,1-3H3;/q;-1/p+1. The van der Waals surface area contributed by atoms with Crippen LogP contribution in [0.15, 0.2) is 0 Å². The predicted octanol–water partition coefficient (Wildman–Crippen LogP) is 5.66. The first-order valence-corrected chi connectivity index (χ1v) is 12.4. The van der Waals surface area contributed by atoms with Gasteiger partial charge in [0.2, 0.25) is 0 Å². The number of hydrogen-bond acceptors (Lipinski definition) is 0. The molecule has 0 aromatic rings. The van der Waals surface area contributed by atoms with Crippen molar-refractivity contribution in [3.63, 3.8) is 0 Å². The third-order valence-electron chi connectivity index (χ3n) is 5.45. The van der Waals surface area contributed by atoms with E-state index in [0.717, 1.165) is 11.3 Å². The average Bonchev–Trinajstić information content (AvgIpc) is 2.38. The molecule has 2 saturated carbocycles. The molecule has 2 heteroatoms. The summed E-state index contributed by atoms with van der Waals surface area (Å²) in [6.45, 7) is 7.60. The SMILES string of the molecule is CC(C)(C)[PH]([Pd])(C1CCCCC1)C1CCCCC1. The fourth-order valence-electron chi connectivity index (χ4n) is 4.57. The Kier molecular flexibility index (Phi) is 5.37. The maximum absolute atomic E-state index is 4.13. The topological polar surface area (TPSA) is 0 Å². The quantitative estimate of drug-likeness (QED) is 0.439. The van der Waals surface area contributed by atoms with E-state index in [1.54, 1.807) is 0 Å². The zero-order valence-corrected chi connectivity index (χ0v) is 15.1. The summed E-state index contributed by atoms with van der Waals surface area (Å²) in [7, 11) is 0. The van der Waals surface area contributed by atoms with E-state index >= 15 is 0 Å². The van der Waals surface area contributed by atoms with Gasteiger partial charge < -0.3 is 0 Å². The molecule has 0 nitrogen and oxygen atoms in total. The van der Waals surface area contributed by atoms with Gasteiger partial charge in [-0.15, -0.1) is 0 Å². The Morgan fingerprint density at radius 2 is 1.06 bits per heavy atom. The van der Waals surface area contributed by atoms with Gasteiger partial charge in [0.25, 0.3) is 0 Å². The van der Waals surface area contributed by atoms with Crippen LogP contribution in [0.5, 0.6) is 0 Å². The third-order valence-corrected chi connectivity index (χ3v) is 18.4. The normalized spacial score (nSPS) is 26.3. The molecule has 0 heterocycles. The first kappa shape index (κ1) is 15.5. The Morgan fingerprint density at radius 3 is 1.33 bits per heavy atom. The van der Waals surface area contributed by atoms with Crippen LogP contribution in [0.25, 0.3) is 0 Å². The zero-order valence-electron chi connectivity index (χ0n) is 12.5. The summed E-state index contributed by atoms with van der Waals surface area (Å²) >= 11 is 4.13. The molecule has 18 heavy (non-hydrogen) atoms. The first-order chi connectivity index (χ1) is 8.46. The van der Waals surface area contributed by atoms with Gasteiger partial charge >= 0.3 is 126 Å². The second kappa shape index (κ2) is 6.25. The Labute approximate surface area is 125 Å². The molecule has 0 saturated heterocycles. The van der Waals surface area contributed by atoms with E-state index < -0.39 is 5.45 Å². The van der Waals surface area contributed by atoms with Crippen molar-refractivity contribution in [3.8, 4) is 0 Å². The fourth-order valence-corrected chi connectivity index (χ4v) is 12.8. The average molecular weight is 362 g/mol. The van der Waals surface area contributed by atoms with Crippen LogP contribution in [0.4, 0.5) is 0 Å².